The Morgan fingerprint density at radius 1 is 1.12 bits per heavy atom. The van der Waals surface area contributed by atoms with Crippen LogP contribution in [-0.4, -0.2) is 40.1 Å². The largest absolute Gasteiger partial charge is 0.364 e. The molecule has 4 heterocycles. The number of hydrogen-bond acceptors (Lipinski definition) is 8. The summed E-state index contributed by atoms with van der Waals surface area (Å²) in [6.07, 6.45) is 2.41. The van der Waals surface area contributed by atoms with Crippen LogP contribution in [0.2, 0.25) is 0 Å². The molecular weight excluding hydrogens is 436 g/mol. The van der Waals surface area contributed by atoms with Gasteiger partial charge in [-0.1, -0.05) is 23.4 Å². The van der Waals surface area contributed by atoms with Gasteiger partial charge in [-0.25, -0.2) is 28.6 Å². The van der Waals surface area contributed by atoms with Gasteiger partial charge in [0.15, 0.2) is 17.5 Å². The smallest absolute Gasteiger partial charge is 0.340 e. The molecule has 3 N–H and O–H groups in total. The van der Waals surface area contributed by atoms with E-state index in [1.54, 1.807) is 35.0 Å². The fourth-order valence-corrected chi connectivity index (χ4v) is 3.16. The Labute approximate surface area is 183 Å². The molecule has 0 spiro atoms. The Morgan fingerprint density at radius 3 is 2.76 bits per heavy atom. The average Bonchev–Trinajstić information content (AvgIpc) is 3.56. The quantitative estimate of drug-likeness (QED) is 0.342. The fourth-order valence-electron chi connectivity index (χ4n) is 3.16. The summed E-state index contributed by atoms with van der Waals surface area (Å²) in [7, 11) is 0. The van der Waals surface area contributed by atoms with Crippen LogP contribution >= 0.6 is 0 Å². The van der Waals surface area contributed by atoms with E-state index in [1.165, 1.54) is 12.3 Å². The molecule has 0 amide bonds. The van der Waals surface area contributed by atoms with E-state index in [1.807, 2.05) is 0 Å². The third kappa shape index (κ3) is 4.23. The second kappa shape index (κ2) is 8.45. The number of aromatic nitrogens is 8. The number of rotatable bonds is 7. The van der Waals surface area contributed by atoms with Gasteiger partial charge in [-0.3, -0.25) is 9.67 Å². The lowest BCUT2D eigenvalue weighted by molar-refractivity contribution is 0.421. The van der Waals surface area contributed by atoms with Crippen molar-refractivity contribution in [1.29, 1.82) is 0 Å². The van der Waals surface area contributed by atoms with Crippen molar-refractivity contribution >= 4 is 5.82 Å². The first kappa shape index (κ1) is 20.2. The molecule has 0 aliphatic rings. The number of anilines is 1. The Kier molecular flexibility index (Phi) is 5.18. The highest BCUT2D eigenvalue weighted by molar-refractivity contribution is 5.63. The van der Waals surface area contributed by atoms with Crippen LogP contribution in [0, 0.1) is 11.6 Å². The van der Waals surface area contributed by atoms with Gasteiger partial charge in [-0.2, -0.15) is 10.2 Å². The molecule has 0 saturated heterocycles. The molecule has 33 heavy (non-hydrogen) atoms. The van der Waals surface area contributed by atoms with Crippen molar-refractivity contribution in [3.05, 3.63) is 82.4 Å². The standard InChI is InChI=1S/C20H15F2N9O2/c21-12-4-2-1-3-11(12)10-31-16(14-5-6-33-30-14)7-15(29-31)19-23-8-13(22)18(26-19)24-9-17-25-20(32)28-27-17/h1-8H,9-10H2,(H,23,24,26)(H2,25,27,28,32). The van der Waals surface area contributed by atoms with Crippen LogP contribution < -0.4 is 11.0 Å². The van der Waals surface area contributed by atoms with Gasteiger partial charge < -0.3 is 9.84 Å². The molecule has 0 aliphatic heterocycles. The molecule has 11 nitrogen and oxygen atoms in total. The van der Waals surface area contributed by atoms with Crippen molar-refractivity contribution < 1.29 is 13.3 Å². The number of halogens is 2. The molecule has 0 radical (unpaired) electrons. The summed E-state index contributed by atoms with van der Waals surface area (Å²) in [5.41, 5.74) is 1.29. The molecule has 4 aromatic heterocycles. The lowest BCUT2D eigenvalue weighted by atomic mass is 10.2. The molecule has 0 saturated carbocycles. The van der Waals surface area contributed by atoms with Gasteiger partial charge in [0.25, 0.3) is 0 Å². The number of hydrogen-bond donors (Lipinski definition) is 3. The van der Waals surface area contributed by atoms with Crippen molar-refractivity contribution in [2.45, 2.75) is 13.1 Å². The zero-order valence-corrected chi connectivity index (χ0v) is 16.8. The minimum atomic E-state index is -0.695. The monoisotopic (exact) mass is 451 g/mol. The first-order valence-electron chi connectivity index (χ1n) is 9.69. The van der Waals surface area contributed by atoms with Crippen molar-refractivity contribution in [3.8, 4) is 22.9 Å². The van der Waals surface area contributed by atoms with Crippen LogP contribution in [0.3, 0.4) is 0 Å². The fraction of sp³-hybridized carbons (Fsp3) is 0.100. The maximum absolute atomic E-state index is 14.3. The second-order valence-corrected chi connectivity index (χ2v) is 6.92. The molecule has 5 rings (SSSR count). The summed E-state index contributed by atoms with van der Waals surface area (Å²) in [5.74, 6) is -0.760. The van der Waals surface area contributed by atoms with Gasteiger partial charge in [-0.05, 0) is 12.1 Å². The Balaban J connectivity index is 1.48. The molecule has 5 aromatic rings. The molecule has 166 valence electrons. The number of nitrogens with zero attached hydrogens (tertiary/aromatic N) is 6. The highest BCUT2D eigenvalue weighted by Gasteiger charge is 2.18. The lowest BCUT2D eigenvalue weighted by Crippen LogP contribution is -2.08. The van der Waals surface area contributed by atoms with Gasteiger partial charge >= 0.3 is 5.69 Å². The van der Waals surface area contributed by atoms with E-state index in [9.17, 15) is 13.6 Å². The number of H-pyrrole nitrogens is 2. The Hall–Kier alpha value is -4.68. The van der Waals surface area contributed by atoms with Crippen molar-refractivity contribution in [2.75, 3.05) is 5.32 Å². The highest BCUT2D eigenvalue weighted by atomic mass is 19.1. The maximum atomic E-state index is 14.3. The molecule has 1 aromatic carbocycles. The summed E-state index contributed by atoms with van der Waals surface area (Å²) in [5, 5.41) is 17.2. The first-order chi connectivity index (χ1) is 16.1. The third-order valence-electron chi connectivity index (χ3n) is 4.70. The first-order valence-corrected chi connectivity index (χ1v) is 9.69. The summed E-state index contributed by atoms with van der Waals surface area (Å²) in [6, 6.07) is 9.64. The molecule has 0 unspecified atom stereocenters. The lowest BCUT2D eigenvalue weighted by Gasteiger charge is -2.07. The van der Waals surface area contributed by atoms with Gasteiger partial charge in [0.2, 0.25) is 0 Å². The predicted octanol–water partition coefficient (Wildman–Crippen LogP) is 2.35. The van der Waals surface area contributed by atoms with Gasteiger partial charge in [-0.15, -0.1) is 0 Å². The predicted molar refractivity (Wildman–Crippen MR) is 111 cm³/mol. The zero-order chi connectivity index (χ0) is 22.8. The maximum Gasteiger partial charge on any atom is 0.340 e. The van der Waals surface area contributed by atoms with E-state index < -0.39 is 11.5 Å². The van der Waals surface area contributed by atoms with E-state index in [4.69, 9.17) is 4.52 Å². The van der Waals surface area contributed by atoms with Crippen molar-refractivity contribution in [1.82, 2.24) is 40.1 Å². The van der Waals surface area contributed by atoms with Gasteiger partial charge in [0.05, 0.1) is 25.0 Å². The van der Waals surface area contributed by atoms with Crippen LogP contribution in [0.4, 0.5) is 14.6 Å². The molecule has 0 fully saturated rings. The molecular formula is C20H15F2N9O2. The summed E-state index contributed by atoms with van der Waals surface area (Å²) in [6.45, 7) is 0.145. The molecule has 0 bridgehead atoms. The van der Waals surface area contributed by atoms with Crippen LogP contribution in [-0.2, 0) is 13.1 Å². The SMILES string of the molecule is O=c1[nH]nc(CNc2nc(-c3cc(-c4ccon4)n(Cc4ccccc4F)n3)ncc2F)[nH]1. The van der Waals surface area contributed by atoms with Gasteiger partial charge in [0.1, 0.15) is 29.3 Å². The molecule has 13 heteroatoms. The minimum Gasteiger partial charge on any atom is -0.364 e. The minimum absolute atomic E-state index is 0.0258. The van der Waals surface area contributed by atoms with Crippen LogP contribution in [0.15, 0.2) is 58.2 Å². The molecule has 0 aliphatic carbocycles. The summed E-state index contributed by atoms with van der Waals surface area (Å²) >= 11 is 0. The number of nitrogens with one attached hydrogen (secondary N) is 3. The van der Waals surface area contributed by atoms with Gasteiger partial charge in [0, 0.05) is 11.6 Å². The van der Waals surface area contributed by atoms with Crippen molar-refractivity contribution in [2.24, 2.45) is 0 Å². The Morgan fingerprint density at radius 2 is 2.00 bits per heavy atom. The van der Waals surface area contributed by atoms with Crippen LogP contribution in [0.1, 0.15) is 11.4 Å². The third-order valence-corrected chi connectivity index (χ3v) is 4.70. The number of aromatic amines is 2. The van der Waals surface area contributed by atoms with E-state index >= 15 is 0 Å². The summed E-state index contributed by atoms with van der Waals surface area (Å²) < 4.78 is 35.0. The topological polar surface area (TPSA) is 143 Å². The molecule has 0 atom stereocenters. The number of benzene rings is 1. The second-order valence-electron chi connectivity index (χ2n) is 6.92. The highest BCUT2D eigenvalue weighted by Crippen LogP contribution is 2.26. The Bertz CT molecular complexity index is 1460. The van der Waals surface area contributed by atoms with E-state index in [0.29, 0.717) is 22.6 Å². The normalized spacial score (nSPS) is 11.1. The van der Waals surface area contributed by atoms with Crippen LogP contribution in [0.25, 0.3) is 22.9 Å². The zero-order valence-electron chi connectivity index (χ0n) is 16.8. The van der Waals surface area contributed by atoms with Crippen molar-refractivity contribution in [3.63, 3.8) is 0 Å². The van der Waals surface area contributed by atoms with E-state index in [0.717, 1.165) is 6.20 Å². The van der Waals surface area contributed by atoms with E-state index in [2.05, 4.69) is 40.7 Å². The van der Waals surface area contributed by atoms with Crippen LogP contribution in [0.5, 0.6) is 0 Å². The van der Waals surface area contributed by atoms with E-state index in [-0.39, 0.29) is 36.4 Å². The summed E-state index contributed by atoms with van der Waals surface area (Å²) in [4.78, 5) is 21.8. The average molecular weight is 451 g/mol.